The van der Waals surface area contributed by atoms with Gasteiger partial charge in [-0.25, -0.2) is 4.98 Å². The van der Waals surface area contributed by atoms with Gasteiger partial charge in [0, 0.05) is 13.0 Å². The maximum atomic E-state index is 9.45. The SMILES string of the molecule is Oc1ccc2cnc(CC3CCCO3)n2c1. The van der Waals surface area contributed by atoms with Gasteiger partial charge in [0.05, 0.1) is 24.0 Å². The summed E-state index contributed by atoms with van der Waals surface area (Å²) in [5.41, 5.74) is 1.01. The van der Waals surface area contributed by atoms with E-state index in [1.54, 1.807) is 12.3 Å². The minimum Gasteiger partial charge on any atom is -0.506 e. The quantitative estimate of drug-likeness (QED) is 0.835. The monoisotopic (exact) mass is 218 g/mol. The van der Waals surface area contributed by atoms with Crippen molar-refractivity contribution in [3.05, 3.63) is 30.4 Å². The molecule has 3 heterocycles. The smallest absolute Gasteiger partial charge is 0.132 e. The molecule has 0 bridgehead atoms. The third-order valence-electron chi connectivity index (χ3n) is 3.02. The summed E-state index contributed by atoms with van der Waals surface area (Å²) in [6.45, 7) is 0.860. The van der Waals surface area contributed by atoms with E-state index in [0.29, 0.717) is 0 Å². The van der Waals surface area contributed by atoms with Gasteiger partial charge in [-0.05, 0) is 25.0 Å². The third-order valence-corrected chi connectivity index (χ3v) is 3.02. The highest BCUT2D eigenvalue weighted by molar-refractivity contribution is 5.48. The molecule has 1 atom stereocenters. The molecule has 2 aromatic rings. The zero-order valence-corrected chi connectivity index (χ0v) is 8.97. The van der Waals surface area contributed by atoms with Crippen LogP contribution >= 0.6 is 0 Å². The predicted molar refractivity (Wildman–Crippen MR) is 59.5 cm³/mol. The Kier molecular flexibility index (Phi) is 2.29. The Hall–Kier alpha value is -1.55. The molecule has 16 heavy (non-hydrogen) atoms. The molecule has 0 saturated carbocycles. The number of nitrogens with zero attached hydrogens (tertiary/aromatic N) is 2. The van der Waals surface area contributed by atoms with E-state index in [-0.39, 0.29) is 11.9 Å². The standard InChI is InChI=1S/C12H14N2O2/c15-10-4-3-9-7-13-12(14(9)8-10)6-11-2-1-5-16-11/h3-4,7-8,11,15H,1-2,5-6H2. The molecule has 0 spiro atoms. The lowest BCUT2D eigenvalue weighted by molar-refractivity contribution is 0.109. The first-order valence-electron chi connectivity index (χ1n) is 5.59. The third kappa shape index (κ3) is 1.65. The van der Waals surface area contributed by atoms with Crippen LogP contribution in [0.3, 0.4) is 0 Å². The predicted octanol–water partition coefficient (Wildman–Crippen LogP) is 1.76. The molecule has 4 heteroatoms. The highest BCUT2D eigenvalue weighted by Gasteiger charge is 2.18. The highest BCUT2D eigenvalue weighted by atomic mass is 16.5. The fourth-order valence-corrected chi connectivity index (χ4v) is 2.19. The highest BCUT2D eigenvalue weighted by Crippen LogP contribution is 2.19. The van der Waals surface area contributed by atoms with Crippen LogP contribution in [-0.4, -0.2) is 27.2 Å². The topological polar surface area (TPSA) is 46.8 Å². The molecule has 0 radical (unpaired) electrons. The van der Waals surface area contributed by atoms with Crippen LogP contribution in [-0.2, 0) is 11.2 Å². The summed E-state index contributed by atoms with van der Waals surface area (Å²) in [5, 5.41) is 9.45. The van der Waals surface area contributed by atoms with Crippen LogP contribution in [0.2, 0.25) is 0 Å². The fraction of sp³-hybridized carbons (Fsp3) is 0.417. The van der Waals surface area contributed by atoms with E-state index in [1.165, 1.54) is 0 Å². The zero-order valence-electron chi connectivity index (χ0n) is 8.97. The summed E-state index contributed by atoms with van der Waals surface area (Å²) in [7, 11) is 0. The molecule has 0 aliphatic carbocycles. The molecule has 1 N–H and O–H groups in total. The van der Waals surface area contributed by atoms with Gasteiger partial charge in [-0.15, -0.1) is 0 Å². The molecule has 0 aromatic carbocycles. The number of hydrogen-bond acceptors (Lipinski definition) is 3. The fourth-order valence-electron chi connectivity index (χ4n) is 2.19. The lowest BCUT2D eigenvalue weighted by Gasteiger charge is -2.08. The minimum absolute atomic E-state index is 0.263. The van der Waals surface area contributed by atoms with Gasteiger partial charge in [0.25, 0.3) is 0 Å². The van der Waals surface area contributed by atoms with Crippen LogP contribution < -0.4 is 0 Å². The van der Waals surface area contributed by atoms with Gasteiger partial charge < -0.3 is 9.84 Å². The Morgan fingerprint density at radius 1 is 1.50 bits per heavy atom. The zero-order chi connectivity index (χ0) is 11.0. The van der Waals surface area contributed by atoms with Crippen molar-refractivity contribution in [1.29, 1.82) is 0 Å². The molecule has 4 nitrogen and oxygen atoms in total. The number of pyridine rings is 1. The Morgan fingerprint density at radius 2 is 2.44 bits per heavy atom. The van der Waals surface area contributed by atoms with E-state index in [1.807, 2.05) is 16.7 Å². The second kappa shape index (κ2) is 3.79. The van der Waals surface area contributed by atoms with Gasteiger partial charge in [0.1, 0.15) is 11.6 Å². The van der Waals surface area contributed by atoms with Crippen LogP contribution in [0.4, 0.5) is 0 Å². The Bertz CT molecular complexity index is 501. The van der Waals surface area contributed by atoms with E-state index >= 15 is 0 Å². The second-order valence-electron chi connectivity index (χ2n) is 4.20. The first-order valence-corrected chi connectivity index (χ1v) is 5.59. The molecule has 2 aromatic heterocycles. The molecule has 1 fully saturated rings. The number of imidazole rings is 1. The van der Waals surface area contributed by atoms with Crippen molar-refractivity contribution in [2.75, 3.05) is 6.61 Å². The normalized spacial score (nSPS) is 20.6. The van der Waals surface area contributed by atoms with Gasteiger partial charge in [-0.1, -0.05) is 0 Å². The summed E-state index contributed by atoms with van der Waals surface area (Å²) >= 11 is 0. The average molecular weight is 218 g/mol. The van der Waals surface area contributed by atoms with E-state index < -0.39 is 0 Å². The van der Waals surface area contributed by atoms with Gasteiger partial charge in [0.15, 0.2) is 0 Å². The summed E-state index contributed by atoms with van der Waals surface area (Å²) in [5.74, 6) is 1.22. The van der Waals surface area contributed by atoms with Crippen molar-refractivity contribution in [1.82, 2.24) is 9.38 Å². The number of aromatic hydroxyl groups is 1. The number of aromatic nitrogens is 2. The van der Waals surface area contributed by atoms with Crippen molar-refractivity contribution in [2.24, 2.45) is 0 Å². The van der Waals surface area contributed by atoms with E-state index in [9.17, 15) is 5.11 Å². The van der Waals surface area contributed by atoms with E-state index in [4.69, 9.17) is 4.74 Å². The molecule has 1 aliphatic heterocycles. The number of fused-ring (bicyclic) bond motifs is 1. The second-order valence-corrected chi connectivity index (χ2v) is 4.20. The van der Waals surface area contributed by atoms with Gasteiger partial charge in [-0.2, -0.15) is 0 Å². The minimum atomic E-state index is 0.263. The molecule has 0 amide bonds. The van der Waals surface area contributed by atoms with Gasteiger partial charge in [0.2, 0.25) is 0 Å². The van der Waals surface area contributed by atoms with Crippen LogP contribution in [0.5, 0.6) is 5.75 Å². The van der Waals surface area contributed by atoms with Crippen LogP contribution in [0, 0.1) is 0 Å². The van der Waals surface area contributed by atoms with Crippen LogP contribution in [0.15, 0.2) is 24.5 Å². The lowest BCUT2D eigenvalue weighted by Crippen LogP contribution is -2.11. The Balaban J connectivity index is 1.93. The largest absolute Gasteiger partial charge is 0.506 e. The molecule has 3 rings (SSSR count). The van der Waals surface area contributed by atoms with E-state index in [0.717, 1.165) is 37.2 Å². The number of hydrogen-bond donors (Lipinski definition) is 1. The summed E-state index contributed by atoms with van der Waals surface area (Å²) in [6, 6.07) is 3.54. The summed E-state index contributed by atoms with van der Waals surface area (Å²) in [4.78, 5) is 4.37. The summed E-state index contributed by atoms with van der Waals surface area (Å²) < 4.78 is 7.52. The molecule has 1 unspecified atom stereocenters. The van der Waals surface area contributed by atoms with Crippen molar-refractivity contribution in [3.63, 3.8) is 0 Å². The molecule has 1 saturated heterocycles. The maximum Gasteiger partial charge on any atom is 0.132 e. The lowest BCUT2D eigenvalue weighted by atomic mass is 10.2. The van der Waals surface area contributed by atoms with Crippen molar-refractivity contribution in [3.8, 4) is 5.75 Å². The van der Waals surface area contributed by atoms with Crippen LogP contribution in [0.1, 0.15) is 18.7 Å². The molecule has 1 aliphatic rings. The van der Waals surface area contributed by atoms with Crippen molar-refractivity contribution < 1.29 is 9.84 Å². The molecular formula is C12H14N2O2. The number of ether oxygens (including phenoxy) is 1. The number of rotatable bonds is 2. The van der Waals surface area contributed by atoms with Crippen LogP contribution in [0.25, 0.3) is 5.52 Å². The Labute approximate surface area is 93.5 Å². The molecular weight excluding hydrogens is 204 g/mol. The van der Waals surface area contributed by atoms with Gasteiger partial charge in [-0.3, -0.25) is 4.40 Å². The first kappa shape index (κ1) is 9.66. The van der Waals surface area contributed by atoms with Crippen molar-refractivity contribution >= 4 is 5.52 Å². The first-order chi connectivity index (χ1) is 7.83. The maximum absolute atomic E-state index is 9.45. The van der Waals surface area contributed by atoms with E-state index in [2.05, 4.69) is 4.98 Å². The van der Waals surface area contributed by atoms with Crippen molar-refractivity contribution in [2.45, 2.75) is 25.4 Å². The van der Waals surface area contributed by atoms with Gasteiger partial charge >= 0.3 is 0 Å². The average Bonchev–Trinajstić information content (AvgIpc) is 2.90. The summed E-state index contributed by atoms with van der Waals surface area (Å²) in [6.07, 6.45) is 6.87. The molecule has 84 valence electrons. The Morgan fingerprint density at radius 3 is 3.25 bits per heavy atom.